The fourth-order valence-electron chi connectivity index (χ4n) is 3.50. The second kappa shape index (κ2) is 8.06. The van der Waals surface area contributed by atoms with E-state index in [1.807, 2.05) is 55.7 Å². The number of para-hydroxylation sites is 2. The molecule has 11 heteroatoms. The number of benzene rings is 1. The van der Waals surface area contributed by atoms with Crippen molar-refractivity contribution in [1.29, 1.82) is 5.41 Å². The number of aliphatic imine (C=N–C) groups is 1. The summed E-state index contributed by atoms with van der Waals surface area (Å²) in [4.78, 5) is 16.6. The molecule has 0 saturated heterocycles. The van der Waals surface area contributed by atoms with Gasteiger partial charge in [0.25, 0.3) is 5.91 Å². The fourth-order valence-corrected chi connectivity index (χ4v) is 5.19. The molecule has 0 saturated carbocycles. The van der Waals surface area contributed by atoms with Crippen LogP contribution < -0.4 is 4.74 Å². The highest BCUT2D eigenvalue weighted by Gasteiger charge is 2.38. The van der Waals surface area contributed by atoms with Gasteiger partial charge in [-0.05, 0) is 62.4 Å². The fraction of sp³-hybridized carbons (Fsp3) is 0.238. The number of aromatic nitrogens is 1. The summed E-state index contributed by atoms with van der Waals surface area (Å²) in [7, 11) is -3.58. The van der Waals surface area contributed by atoms with Gasteiger partial charge in [0.05, 0.1) is 17.9 Å². The summed E-state index contributed by atoms with van der Waals surface area (Å²) in [5.74, 6) is -0.0904. The number of carbonyl (C=O) groups excluding carboxylic acids is 1. The Balaban J connectivity index is 1.77. The number of nitrogens with zero attached hydrogens (tertiary/aromatic N) is 4. The van der Waals surface area contributed by atoms with Gasteiger partial charge in [0.2, 0.25) is 19.4 Å². The number of hydrogen-bond acceptors (Lipinski definition) is 7. The number of aryl methyl sites for hydroxylation is 1. The van der Waals surface area contributed by atoms with Crippen molar-refractivity contribution in [1.82, 2.24) is 9.58 Å². The van der Waals surface area contributed by atoms with Crippen molar-refractivity contribution >= 4 is 49.0 Å². The molecule has 2 aliphatic rings. The van der Waals surface area contributed by atoms with Gasteiger partial charge in [0.1, 0.15) is 5.75 Å². The van der Waals surface area contributed by atoms with Crippen LogP contribution in [0.4, 0.5) is 0 Å². The molecule has 1 amide bonds. The van der Waals surface area contributed by atoms with E-state index >= 15 is 0 Å². The van der Waals surface area contributed by atoms with E-state index in [9.17, 15) is 13.2 Å². The molecule has 2 aromatic rings. The number of amides is 1. The van der Waals surface area contributed by atoms with E-state index in [1.165, 1.54) is 0 Å². The average molecular weight is 472 g/mol. The van der Waals surface area contributed by atoms with Crippen molar-refractivity contribution < 1.29 is 17.9 Å². The summed E-state index contributed by atoms with van der Waals surface area (Å²) in [5, 5.41) is 13.6. The zero-order valence-corrected chi connectivity index (χ0v) is 19.5. The number of rotatable bonds is 4. The summed E-state index contributed by atoms with van der Waals surface area (Å²) in [6, 6.07) is 9.59. The molecule has 0 atom stereocenters. The van der Waals surface area contributed by atoms with Crippen LogP contribution in [0.2, 0.25) is 0 Å². The minimum Gasteiger partial charge on any atom is -0.492 e. The first-order chi connectivity index (χ1) is 15.1. The molecule has 2 aliphatic heterocycles. The Morgan fingerprint density at radius 1 is 1.25 bits per heavy atom. The molecule has 0 bridgehead atoms. The lowest BCUT2D eigenvalue weighted by atomic mass is 10.1. The molecule has 3 heterocycles. The highest BCUT2D eigenvalue weighted by molar-refractivity contribution is 8.42. The van der Waals surface area contributed by atoms with Gasteiger partial charge in [-0.3, -0.25) is 10.2 Å². The van der Waals surface area contributed by atoms with Gasteiger partial charge < -0.3 is 9.30 Å². The predicted molar refractivity (Wildman–Crippen MR) is 126 cm³/mol. The smallest absolute Gasteiger partial charge is 0.283 e. The van der Waals surface area contributed by atoms with Crippen LogP contribution in [0.5, 0.6) is 5.75 Å². The minimum atomic E-state index is -3.58. The Morgan fingerprint density at radius 3 is 2.66 bits per heavy atom. The van der Waals surface area contributed by atoms with Crippen LogP contribution in [-0.2, 0) is 14.6 Å². The van der Waals surface area contributed by atoms with Gasteiger partial charge in [-0.15, -0.1) is 5.10 Å². The monoisotopic (exact) mass is 471 g/mol. The SMILES string of the molecule is CCOc1ccccc1-n1c(C)cc(/C=C2\C(=N)N3N=C(S(C)(=O)=O)SC3=NC2=O)c1C. The van der Waals surface area contributed by atoms with E-state index in [4.69, 9.17) is 10.1 Å². The number of hydrazone groups is 1. The van der Waals surface area contributed by atoms with Gasteiger partial charge in [0, 0.05) is 17.6 Å². The zero-order valence-electron chi connectivity index (χ0n) is 17.9. The third-order valence-corrected chi connectivity index (χ3v) is 7.51. The van der Waals surface area contributed by atoms with E-state index in [2.05, 4.69) is 10.1 Å². The van der Waals surface area contributed by atoms with Gasteiger partial charge in [-0.2, -0.15) is 10.0 Å². The van der Waals surface area contributed by atoms with Crippen molar-refractivity contribution in [3.05, 3.63) is 52.9 Å². The number of sulfone groups is 1. The standard InChI is InChI=1S/C21H21N5O4S2/c1-5-30-17-9-7-6-8-16(17)25-12(2)10-14(13(25)3)11-15-18(22)26-20(23-19(15)27)31-21(24-26)32(4,28)29/h6-11,22H,5H2,1-4H3/b15-11+,22-18?. The molecule has 1 aromatic carbocycles. The normalized spacial score (nSPS) is 17.5. The van der Waals surface area contributed by atoms with E-state index < -0.39 is 15.7 Å². The summed E-state index contributed by atoms with van der Waals surface area (Å²) >= 11 is 0.762. The first-order valence-corrected chi connectivity index (χ1v) is 12.4. The lowest BCUT2D eigenvalue weighted by Crippen LogP contribution is -2.35. The number of nitrogens with one attached hydrogen (secondary N) is 1. The molecular weight excluding hydrogens is 450 g/mol. The number of fused-ring (bicyclic) bond motifs is 1. The Kier molecular flexibility index (Phi) is 5.55. The van der Waals surface area contributed by atoms with Crippen molar-refractivity contribution in [2.75, 3.05) is 12.9 Å². The molecule has 4 rings (SSSR count). The van der Waals surface area contributed by atoms with Crippen molar-refractivity contribution in [3.63, 3.8) is 0 Å². The third-order valence-electron chi connectivity index (χ3n) is 4.93. The van der Waals surface area contributed by atoms with E-state index in [-0.39, 0.29) is 21.0 Å². The summed E-state index contributed by atoms with van der Waals surface area (Å²) < 4.78 is 31.2. The topological polar surface area (TPSA) is 117 Å². The van der Waals surface area contributed by atoms with Crippen molar-refractivity contribution in [2.24, 2.45) is 10.1 Å². The highest BCUT2D eigenvalue weighted by Crippen LogP contribution is 2.32. The molecule has 166 valence electrons. The average Bonchev–Trinajstić information content (AvgIpc) is 3.27. The van der Waals surface area contributed by atoms with Crippen LogP contribution in [0.3, 0.4) is 0 Å². The Labute approximate surface area is 189 Å². The molecule has 0 unspecified atom stereocenters. The van der Waals surface area contributed by atoms with E-state index in [0.717, 1.165) is 51.4 Å². The first kappa shape index (κ1) is 22.0. The number of amidine groups is 2. The van der Waals surface area contributed by atoms with E-state index in [0.29, 0.717) is 6.61 Å². The third kappa shape index (κ3) is 3.78. The van der Waals surface area contributed by atoms with Gasteiger partial charge in [-0.1, -0.05) is 12.1 Å². The Bertz CT molecular complexity index is 1350. The molecule has 0 aliphatic carbocycles. The maximum Gasteiger partial charge on any atom is 0.283 e. The molecule has 0 radical (unpaired) electrons. The van der Waals surface area contributed by atoms with Crippen LogP contribution in [0.1, 0.15) is 23.9 Å². The largest absolute Gasteiger partial charge is 0.492 e. The molecule has 0 spiro atoms. The molecule has 0 fully saturated rings. The maximum atomic E-state index is 12.7. The molecule has 1 N–H and O–H groups in total. The van der Waals surface area contributed by atoms with Gasteiger partial charge in [0.15, 0.2) is 5.84 Å². The van der Waals surface area contributed by atoms with Crippen molar-refractivity contribution in [2.45, 2.75) is 20.8 Å². The second-order valence-electron chi connectivity index (χ2n) is 7.22. The first-order valence-electron chi connectivity index (χ1n) is 9.73. The van der Waals surface area contributed by atoms with Gasteiger partial charge in [-0.25, -0.2) is 8.42 Å². The minimum absolute atomic E-state index is 0.0335. The van der Waals surface area contributed by atoms with Crippen LogP contribution in [0.15, 0.2) is 46.0 Å². The number of hydrogen-bond donors (Lipinski definition) is 1. The summed E-state index contributed by atoms with van der Waals surface area (Å²) in [6.07, 6.45) is 2.61. The lowest BCUT2D eigenvalue weighted by Gasteiger charge is -2.20. The second-order valence-corrected chi connectivity index (χ2v) is 10.4. The quantitative estimate of drug-likeness (QED) is 0.685. The maximum absolute atomic E-state index is 12.7. The van der Waals surface area contributed by atoms with Crippen LogP contribution in [0.25, 0.3) is 11.8 Å². The highest BCUT2D eigenvalue weighted by atomic mass is 32.3. The Morgan fingerprint density at radius 2 is 1.97 bits per heavy atom. The number of ether oxygens (including phenoxy) is 1. The number of thioether (sulfide) groups is 1. The van der Waals surface area contributed by atoms with Crippen LogP contribution in [-0.4, -0.2) is 52.1 Å². The number of carbonyl (C=O) groups is 1. The molecule has 1 aromatic heterocycles. The van der Waals surface area contributed by atoms with Crippen LogP contribution in [0, 0.1) is 19.3 Å². The zero-order chi connectivity index (χ0) is 23.2. The van der Waals surface area contributed by atoms with Crippen LogP contribution >= 0.6 is 11.8 Å². The molecule has 32 heavy (non-hydrogen) atoms. The van der Waals surface area contributed by atoms with Gasteiger partial charge >= 0.3 is 0 Å². The predicted octanol–water partition coefficient (Wildman–Crippen LogP) is 3.11. The summed E-state index contributed by atoms with van der Waals surface area (Å²) in [6.45, 7) is 6.32. The molecular formula is C21H21N5O4S2. The summed E-state index contributed by atoms with van der Waals surface area (Å²) in [5.41, 5.74) is 3.42. The lowest BCUT2D eigenvalue weighted by molar-refractivity contribution is -0.114. The molecule has 9 nitrogen and oxygen atoms in total. The van der Waals surface area contributed by atoms with Crippen molar-refractivity contribution in [3.8, 4) is 11.4 Å². The Hall–Kier alpha value is -3.18. The van der Waals surface area contributed by atoms with E-state index in [1.54, 1.807) is 6.08 Å².